The summed E-state index contributed by atoms with van der Waals surface area (Å²) in [7, 11) is 0. The van der Waals surface area contributed by atoms with Gasteiger partial charge in [0.15, 0.2) is 0 Å². The van der Waals surface area contributed by atoms with Gasteiger partial charge in [-0.25, -0.2) is 0 Å². The monoisotopic (exact) mass is 395 g/mol. The molecule has 0 saturated carbocycles. The van der Waals surface area contributed by atoms with Crippen molar-refractivity contribution in [3.63, 3.8) is 0 Å². The molecule has 3 heteroatoms. The molecular formula is C18H18InNS. The van der Waals surface area contributed by atoms with Gasteiger partial charge in [-0.1, -0.05) is 0 Å². The van der Waals surface area contributed by atoms with Crippen LogP contribution in [0.4, 0.5) is 0 Å². The van der Waals surface area contributed by atoms with Gasteiger partial charge in [0.1, 0.15) is 0 Å². The second-order valence-corrected chi connectivity index (χ2v) is 15.2. The summed E-state index contributed by atoms with van der Waals surface area (Å²) in [6.07, 6.45) is 11.6. The molecule has 1 aromatic rings. The zero-order valence-corrected chi connectivity index (χ0v) is 16.2. The Labute approximate surface area is 138 Å². The van der Waals surface area contributed by atoms with Gasteiger partial charge in [0, 0.05) is 0 Å². The molecule has 4 bridgehead atoms. The van der Waals surface area contributed by atoms with E-state index in [9.17, 15) is 0 Å². The number of allylic oxidation sites excluding steroid dienone is 3. The molecule has 104 valence electrons. The van der Waals surface area contributed by atoms with Gasteiger partial charge < -0.3 is 0 Å². The summed E-state index contributed by atoms with van der Waals surface area (Å²) in [5.74, 6) is 3.06. The van der Waals surface area contributed by atoms with Gasteiger partial charge in [-0.05, 0) is 0 Å². The molecule has 1 saturated heterocycles. The second-order valence-electron chi connectivity index (χ2n) is 6.41. The Hall–Kier alpha value is -0.540. The van der Waals surface area contributed by atoms with Crippen LogP contribution in [0.2, 0.25) is 0 Å². The first-order valence-electron chi connectivity index (χ1n) is 7.99. The molecule has 1 atom stereocenters. The Bertz CT molecular complexity index is 708. The van der Waals surface area contributed by atoms with Crippen molar-refractivity contribution in [2.45, 2.75) is 19.3 Å². The van der Waals surface area contributed by atoms with E-state index in [4.69, 9.17) is 0 Å². The minimum atomic E-state index is -1.96. The van der Waals surface area contributed by atoms with Crippen LogP contribution in [0, 0.1) is 5.92 Å². The zero-order chi connectivity index (χ0) is 13.8. The molecule has 0 radical (unpaired) electrons. The van der Waals surface area contributed by atoms with Gasteiger partial charge in [0.05, 0.1) is 0 Å². The summed E-state index contributed by atoms with van der Waals surface area (Å²) < 4.78 is 5.43. The summed E-state index contributed by atoms with van der Waals surface area (Å²) in [6.45, 7) is 0. The van der Waals surface area contributed by atoms with Gasteiger partial charge >= 0.3 is 139 Å². The molecule has 1 aliphatic carbocycles. The Morgan fingerprint density at radius 1 is 1.29 bits per heavy atom. The van der Waals surface area contributed by atoms with E-state index in [1.807, 2.05) is 15.1 Å². The van der Waals surface area contributed by atoms with Gasteiger partial charge in [-0.2, -0.15) is 0 Å². The molecule has 1 unspecified atom stereocenters. The summed E-state index contributed by atoms with van der Waals surface area (Å²) in [4.78, 5) is 0. The van der Waals surface area contributed by atoms with Crippen molar-refractivity contribution in [3.05, 3.63) is 50.5 Å². The summed E-state index contributed by atoms with van der Waals surface area (Å²) in [5, 5.41) is 3.67. The normalized spacial score (nSPS) is 29.0. The standard InChI is InChI=1S/C18H18NS.In/c1-2-6-15(7-3-1)10-11-16-8-4-5-9-17(16)12-18-13-20-14-19-18;/h2,4-6,9,11,15,19H,1,3,7,13-14H2;. The second kappa shape index (κ2) is 4.99. The van der Waals surface area contributed by atoms with Crippen molar-refractivity contribution >= 4 is 45.9 Å². The minimum absolute atomic E-state index is 0.754. The Morgan fingerprint density at radius 3 is 3.05 bits per heavy atom. The fourth-order valence-electron chi connectivity index (χ4n) is 4.40. The first-order chi connectivity index (χ1) is 10.4. The van der Waals surface area contributed by atoms with Crippen LogP contribution in [-0.2, 0) is 0 Å². The van der Waals surface area contributed by atoms with Crippen LogP contribution in [0.3, 0.4) is 0 Å². The van der Waals surface area contributed by atoms with Crippen LogP contribution in [0.15, 0.2) is 39.4 Å². The van der Waals surface area contributed by atoms with E-state index >= 15 is 0 Å². The van der Waals surface area contributed by atoms with Crippen molar-refractivity contribution in [1.29, 1.82) is 0 Å². The summed E-state index contributed by atoms with van der Waals surface area (Å²) >= 11 is 0.0703. The fraction of sp³-hybridized carbons (Fsp3) is 0.333. The van der Waals surface area contributed by atoms with Crippen molar-refractivity contribution in [2.24, 2.45) is 5.92 Å². The SMILES string of the molecule is C1=CC([C]2=Cc3c4ccc[c]3[In]2/[C]4=C2/CSCN2)CCC1. The zero-order valence-electron chi connectivity index (χ0n) is 12.1. The van der Waals surface area contributed by atoms with Crippen LogP contribution >= 0.6 is 11.8 Å². The molecule has 3 aliphatic heterocycles. The topological polar surface area (TPSA) is 12.0 Å². The maximum atomic E-state index is 3.67. The third kappa shape index (κ3) is 1.86. The maximum absolute atomic E-state index is 3.67. The first-order valence-corrected chi connectivity index (χ1v) is 14.1. The average Bonchev–Trinajstić information content (AvgIpc) is 3.22. The number of rotatable bonds is 1. The number of hydrogen-bond acceptors (Lipinski definition) is 2. The average molecular weight is 395 g/mol. The van der Waals surface area contributed by atoms with E-state index in [0.29, 0.717) is 0 Å². The predicted molar refractivity (Wildman–Crippen MR) is 93.7 cm³/mol. The Balaban J connectivity index is 1.66. The number of benzene rings is 1. The van der Waals surface area contributed by atoms with Crippen molar-refractivity contribution in [1.82, 2.24) is 5.32 Å². The fourth-order valence-corrected chi connectivity index (χ4v) is 17.1. The Kier molecular flexibility index (Phi) is 3.08. The van der Waals surface area contributed by atoms with E-state index in [0.717, 1.165) is 11.8 Å². The van der Waals surface area contributed by atoms with E-state index in [1.54, 1.807) is 23.5 Å². The van der Waals surface area contributed by atoms with Gasteiger partial charge in [0.25, 0.3) is 0 Å². The molecule has 0 aromatic heterocycles. The Morgan fingerprint density at radius 2 is 2.29 bits per heavy atom. The van der Waals surface area contributed by atoms with E-state index < -0.39 is 21.4 Å². The van der Waals surface area contributed by atoms with Crippen molar-refractivity contribution < 1.29 is 0 Å². The molecule has 0 amide bonds. The first kappa shape index (κ1) is 13.0. The van der Waals surface area contributed by atoms with E-state index in [-0.39, 0.29) is 0 Å². The van der Waals surface area contributed by atoms with Crippen molar-refractivity contribution in [3.8, 4) is 0 Å². The molecular weight excluding hydrogens is 377 g/mol. The molecule has 4 aliphatic rings. The molecule has 1 aromatic carbocycles. The molecule has 1 fully saturated rings. The summed E-state index contributed by atoms with van der Waals surface area (Å²) in [6, 6.07) is 7.10. The van der Waals surface area contributed by atoms with E-state index in [1.165, 1.54) is 25.0 Å². The van der Waals surface area contributed by atoms with Crippen LogP contribution in [0.25, 0.3) is 9.41 Å². The third-order valence-electron chi connectivity index (χ3n) is 5.32. The van der Waals surface area contributed by atoms with Gasteiger partial charge in [0.2, 0.25) is 0 Å². The quantitative estimate of drug-likeness (QED) is 0.733. The molecule has 3 heterocycles. The molecule has 1 nitrogen and oxygen atoms in total. The molecule has 21 heavy (non-hydrogen) atoms. The van der Waals surface area contributed by atoms with Crippen LogP contribution in [0.1, 0.15) is 30.4 Å². The van der Waals surface area contributed by atoms with E-state index in [2.05, 4.69) is 41.7 Å². The van der Waals surface area contributed by atoms with Crippen LogP contribution < -0.4 is 8.64 Å². The van der Waals surface area contributed by atoms with Crippen LogP contribution in [0.5, 0.6) is 0 Å². The summed E-state index contributed by atoms with van der Waals surface area (Å²) in [5.41, 5.74) is 4.77. The number of nitrogens with one attached hydrogen (secondary N) is 1. The number of hydrogen-bond donors (Lipinski definition) is 1. The van der Waals surface area contributed by atoms with Crippen molar-refractivity contribution in [2.75, 3.05) is 11.6 Å². The third-order valence-corrected chi connectivity index (χ3v) is 16.5. The molecule has 1 N–H and O–H groups in total. The van der Waals surface area contributed by atoms with Crippen LogP contribution in [-0.4, -0.2) is 33.1 Å². The van der Waals surface area contributed by atoms with Gasteiger partial charge in [-0.3, -0.25) is 0 Å². The molecule has 5 rings (SSSR count). The number of thioether (sulfide) groups is 1. The van der Waals surface area contributed by atoms with Gasteiger partial charge in [-0.15, -0.1) is 0 Å². The predicted octanol–water partition coefficient (Wildman–Crippen LogP) is 3.24. The molecule has 0 spiro atoms.